The van der Waals surface area contributed by atoms with E-state index in [4.69, 9.17) is 5.11 Å². The molecule has 0 fully saturated rings. The second-order valence-corrected chi connectivity index (χ2v) is 4.10. The van der Waals surface area contributed by atoms with Gasteiger partial charge in [0.15, 0.2) is 24.7 Å². The summed E-state index contributed by atoms with van der Waals surface area (Å²) in [5.74, 6) is -2.03. The molecule has 0 aromatic rings. The van der Waals surface area contributed by atoms with E-state index in [9.17, 15) is 35.9 Å². The molecule has 0 heterocycles. The van der Waals surface area contributed by atoms with E-state index >= 15 is 0 Å². The summed E-state index contributed by atoms with van der Waals surface area (Å²) in [5, 5.41) is 7.89. The maximum atomic E-state index is 12.8. The van der Waals surface area contributed by atoms with Crippen molar-refractivity contribution in [2.45, 2.75) is 38.0 Å². The molecule has 0 bridgehead atoms. The van der Waals surface area contributed by atoms with Crippen LogP contribution in [0.4, 0.5) is 26.3 Å². The van der Waals surface area contributed by atoms with E-state index in [1.54, 1.807) is 0 Å². The van der Waals surface area contributed by atoms with Crippen LogP contribution < -0.4 is 0 Å². The van der Waals surface area contributed by atoms with Crippen molar-refractivity contribution in [3.05, 3.63) is 24.8 Å². The van der Waals surface area contributed by atoms with Crippen LogP contribution in [0.1, 0.15) is 6.92 Å². The third-order valence-electron chi connectivity index (χ3n) is 2.11. The van der Waals surface area contributed by atoms with Gasteiger partial charge in [0.2, 0.25) is 0 Å². The molecule has 0 aliphatic heterocycles. The second-order valence-electron chi connectivity index (χ2n) is 4.10. The number of carbonyl (C=O) groups excluding carboxylic acids is 1. The molecule has 10 heteroatoms. The van der Waals surface area contributed by atoms with Crippen LogP contribution in [0.25, 0.3) is 0 Å². The molecule has 4 unspecified atom stereocenters. The Balaban J connectivity index is 0. The van der Waals surface area contributed by atoms with Gasteiger partial charge < -0.3 is 9.84 Å². The minimum absolute atomic E-state index is 0.176. The average molecular weight is 350 g/mol. The van der Waals surface area contributed by atoms with Gasteiger partial charge in [0.25, 0.3) is 6.43 Å². The molecule has 0 saturated carbocycles. The fraction of sp³-hybridized carbons (Fsp3) is 0.538. The Hall–Kier alpha value is -2.00. The first-order valence-corrected chi connectivity index (χ1v) is 5.98. The number of aliphatic carboxylic acids is 1. The lowest BCUT2D eigenvalue weighted by molar-refractivity contribution is -0.141. The molecular weight excluding hydrogens is 334 g/mol. The Kier molecular flexibility index (Phi) is 11.7. The van der Waals surface area contributed by atoms with E-state index in [2.05, 4.69) is 17.9 Å². The molecular formula is C13H16F6O4. The number of alkyl halides is 6. The summed E-state index contributed by atoms with van der Waals surface area (Å²) in [6.07, 6.45) is -15.7. The van der Waals surface area contributed by atoms with E-state index in [1.807, 2.05) is 0 Å². The number of carboxylic acid groups (broad SMARTS) is 1. The van der Waals surface area contributed by atoms with Crippen molar-refractivity contribution in [2.75, 3.05) is 6.61 Å². The van der Waals surface area contributed by atoms with Crippen molar-refractivity contribution >= 4 is 11.9 Å². The lowest BCUT2D eigenvalue weighted by Gasteiger charge is -2.19. The molecule has 0 aliphatic carbocycles. The highest BCUT2D eigenvalue weighted by Gasteiger charge is 2.40. The number of carbonyl (C=O) groups is 2. The monoisotopic (exact) mass is 350 g/mol. The quantitative estimate of drug-likeness (QED) is 0.415. The third-order valence-corrected chi connectivity index (χ3v) is 2.11. The lowest BCUT2D eigenvalue weighted by Crippen LogP contribution is -2.40. The predicted molar refractivity (Wildman–Crippen MR) is 69.2 cm³/mol. The third kappa shape index (κ3) is 10.4. The standard InChI is InChI=1S/C9H10F6O2.C4H6O2/c1-2-5(16)17-3-4(10)6(11)7(12)8(13)9(14)15;1-3(2)4(5)6/h2,4,6-9H,1,3H2;1H2,2H3,(H,5,6). The van der Waals surface area contributed by atoms with Gasteiger partial charge in [0.05, 0.1) is 0 Å². The first-order valence-electron chi connectivity index (χ1n) is 5.98. The fourth-order valence-electron chi connectivity index (χ4n) is 0.827. The van der Waals surface area contributed by atoms with Crippen LogP contribution in [0.2, 0.25) is 0 Å². The second kappa shape index (κ2) is 11.6. The Morgan fingerprint density at radius 2 is 1.52 bits per heavy atom. The molecule has 1 N–H and O–H groups in total. The zero-order valence-corrected chi connectivity index (χ0v) is 12.0. The first-order chi connectivity index (χ1) is 10.4. The number of carboxylic acids is 1. The van der Waals surface area contributed by atoms with Gasteiger partial charge in [-0.25, -0.2) is 35.9 Å². The molecule has 134 valence electrons. The van der Waals surface area contributed by atoms with Gasteiger partial charge in [-0.05, 0) is 6.92 Å². The van der Waals surface area contributed by atoms with Crippen LogP contribution in [0.15, 0.2) is 24.8 Å². The number of rotatable bonds is 8. The lowest BCUT2D eigenvalue weighted by atomic mass is 10.1. The molecule has 0 aliphatic rings. The zero-order valence-electron chi connectivity index (χ0n) is 12.0. The van der Waals surface area contributed by atoms with Gasteiger partial charge in [0.1, 0.15) is 6.61 Å². The molecule has 0 aromatic heterocycles. The fourth-order valence-corrected chi connectivity index (χ4v) is 0.827. The highest BCUT2D eigenvalue weighted by Crippen LogP contribution is 2.22. The van der Waals surface area contributed by atoms with Crippen molar-refractivity contribution in [2.24, 2.45) is 0 Å². The minimum atomic E-state index is -3.76. The number of hydrogen-bond donors (Lipinski definition) is 1. The molecule has 4 nitrogen and oxygen atoms in total. The molecule has 0 aromatic carbocycles. The van der Waals surface area contributed by atoms with Gasteiger partial charge >= 0.3 is 11.9 Å². The molecule has 4 atom stereocenters. The van der Waals surface area contributed by atoms with Gasteiger partial charge in [-0.15, -0.1) is 0 Å². The number of hydrogen-bond acceptors (Lipinski definition) is 3. The summed E-state index contributed by atoms with van der Waals surface area (Å²) < 4.78 is 78.0. The first kappa shape index (κ1) is 23.3. The SMILES string of the molecule is C=C(C)C(=O)O.C=CC(=O)OCC(F)C(F)C(F)C(F)C(F)F. The maximum absolute atomic E-state index is 12.8. The summed E-state index contributed by atoms with van der Waals surface area (Å²) in [7, 11) is 0. The van der Waals surface area contributed by atoms with E-state index in [0.29, 0.717) is 6.08 Å². The van der Waals surface area contributed by atoms with E-state index < -0.39 is 49.7 Å². The number of ether oxygens (including phenoxy) is 1. The topological polar surface area (TPSA) is 63.6 Å². The molecule has 0 amide bonds. The molecule has 23 heavy (non-hydrogen) atoms. The van der Waals surface area contributed by atoms with Crippen molar-refractivity contribution in [1.82, 2.24) is 0 Å². The van der Waals surface area contributed by atoms with Gasteiger partial charge in [0, 0.05) is 11.6 Å². The van der Waals surface area contributed by atoms with Crippen LogP contribution in [0.5, 0.6) is 0 Å². The smallest absolute Gasteiger partial charge is 0.330 e. The Morgan fingerprint density at radius 1 is 1.09 bits per heavy atom. The van der Waals surface area contributed by atoms with E-state index in [-0.39, 0.29) is 5.57 Å². The molecule has 0 radical (unpaired) electrons. The van der Waals surface area contributed by atoms with E-state index in [1.165, 1.54) is 6.92 Å². The molecule has 0 saturated heterocycles. The summed E-state index contributed by atoms with van der Waals surface area (Å²) in [6, 6.07) is 0. The largest absolute Gasteiger partial charge is 0.478 e. The zero-order chi connectivity index (χ0) is 18.7. The molecule has 0 spiro atoms. The van der Waals surface area contributed by atoms with Crippen LogP contribution >= 0.6 is 0 Å². The highest BCUT2D eigenvalue weighted by atomic mass is 19.3. The van der Waals surface area contributed by atoms with Crippen LogP contribution in [-0.2, 0) is 14.3 Å². The van der Waals surface area contributed by atoms with Crippen molar-refractivity contribution in [3.63, 3.8) is 0 Å². The average Bonchev–Trinajstić information content (AvgIpc) is 2.50. The van der Waals surface area contributed by atoms with Crippen LogP contribution in [0.3, 0.4) is 0 Å². The highest BCUT2D eigenvalue weighted by molar-refractivity contribution is 5.84. The van der Waals surface area contributed by atoms with Gasteiger partial charge in [-0.1, -0.05) is 13.2 Å². The van der Waals surface area contributed by atoms with Gasteiger partial charge in [-0.3, -0.25) is 0 Å². The van der Waals surface area contributed by atoms with Crippen LogP contribution in [0, 0.1) is 0 Å². The maximum Gasteiger partial charge on any atom is 0.330 e. The van der Waals surface area contributed by atoms with Gasteiger partial charge in [-0.2, -0.15) is 0 Å². The number of halogens is 6. The Morgan fingerprint density at radius 3 is 1.83 bits per heavy atom. The van der Waals surface area contributed by atoms with Crippen molar-refractivity contribution in [3.8, 4) is 0 Å². The summed E-state index contributed by atoms with van der Waals surface area (Å²) in [5.41, 5.74) is 0.176. The normalized spacial score (nSPS) is 15.5. The Bertz CT molecular complexity index is 403. The minimum Gasteiger partial charge on any atom is -0.478 e. The van der Waals surface area contributed by atoms with Crippen molar-refractivity contribution < 1.29 is 45.8 Å². The summed E-state index contributed by atoms with van der Waals surface area (Å²) in [6.45, 7) is 6.34. The Labute approximate surface area is 128 Å². The van der Waals surface area contributed by atoms with Crippen LogP contribution in [-0.4, -0.2) is 54.8 Å². The summed E-state index contributed by atoms with van der Waals surface area (Å²) in [4.78, 5) is 20.0. The summed E-state index contributed by atoms with van der Waals surface area (Å²) >= 11 is 0. The van der Waals surface area contributed by atoms with Crippen molar-refractivity contribution in [1.29, 1.82) is 0 Å². The number of esters is 1. The molecule has 0 rings (SSSR count). The van der Waals surface area contributed by atoms with E-state index in [0.717, 1.165) is 0 Å². The predicted octanol–water partition coefficient (Wildman–Crippen LogP) is 2.98.